The zero-order chi connectivity index (χ0) is 17.1. The summed E-state index contributed by atoms with van der Waals surface area (Å²) in [5.74, 6) is 0.955. The minimum absolute atomic E-state index is 0.136. The summed E-state index contributed by atoms with van der Waals surface area (Å²) in [6.07, 6.45) is 7.37. The minimum Gasteiger partial charge on any atom is -0.487 e. The van der Waals surface area contributed by atoms with E-state index in [9.17, 15) is 4.79 Å². The second-order valence-corrected chi connectivity index (χ2v) is 6.99. The van der Waals surface area contributed by atoms with Gasteiger partial charge in [0.15, 0.2) is 0 Å². The molecule has 0 radical (unpaired) electrons. The first kappa shape index (κ1) is 16.2. The average molecular weight is 339 g/mol. The molecule has 1 fully saturated rings. The summed E-state index contributed by atoms with van der Waals surface area (Å²) in [6.45, 7) is 1.95. The highest BCUT2D eigenvalue weighted by atomic mass is 16.5. The van der Waals surface area contributed by atoms with Gasteiger partial charge in [0.1, 0.15) is 23.7 Å². The average Bonchev–Trinajstić information content (AvgIpc) is 2.88. The van der Waals surface area contributed by atoms with Crippen molar-refractivity contribution < 1.29 is 9.53 Å². The van der Waals surface area contributed by atoms with Crippen molar-refractivity contribution in [1.82, 2.24) is 14.7 Å². The van der Waals surface area contributed by atoms with Gasteiger partial charge in [-0.2, -0.15) is 5.10 Å². The van der Waals surface area contributed by atoms with E-state index in [-0.39, 0.29) is 5.91 Å². The lowest BCUT2D eigenvalue weighted by Crippen LogP contribution is -2.46. The van der Waals surface area contributed by atoms with Crippen LogP contribution < -0.4 is 4.74 Å². The van der Waals surface area contributed by atoms with E-state index >= 15 is 0 Å². The van der Waals surface area contributed by atoms with Crippen LogP contribution in [0, 0.1) is 0 Å². The Morgan fingerprint density at radius 1 is 1.04 bits per heavy atom. The molecule has 2 heterocycles. The number of para-hydroxylation sites is 1. The normalized spacial score (nSPS) is 18.7. The molecule has 5 nitrogen and oxygen atoms in total. The van der Waals surface area contributed by atoms with E-state index in [1.165, 1.54) is 25.7 Å². The highest BCUT2D eigenvalue weighted by molar-refractivity contribution is 5.93. The Labute approximate surface area is 148 Å². The van der Waals surface area contributed by atoms with Crippen LogP contribution in [0.3, 0.4) is 0 Å². The number of aromatic nitrogens is 2. The molecule has 0 atom stereocenters. The van der Waals surface area contributed by atoms with E-state index in [1.54, 1.807) is 0 Å². The van der Waals surface area contributed by atoms with Crippen LogP contribution in [0.25, 0.3) is 0 Å². The molecule has 25 heavy (non-hydrogen) atoms. The molecule has 1 saturated carbocycles. The molecule has 1 aromatic heterocycles. The number of rotatable bonds is 4. The van der Waals surface area contributed by atoms with Crippen molar-refractivity contribution in [3.63, 3.8) is 0 Å². The molecule has 1 amide bonds. The van der Waals surface area contributed by atoms with Crippen molar-refractivity contribution in [2.24, 2.45) is 0 Å². The Balaban J connectivity index is 1.45. The van der Waals surface area contributed by atoms with Crippen molar-refractivity contribution >= 4 is 5.91 Å². The third-order valence-electron chi connectivity index (χ3n) is 5.26. The number of amides is 1. The van der Waals surface area contributed by atoms with Gasteiger partial charge in [0.05, 0.1) is 6.54 Å². The SMILES string of the molecule is O=C1c2cc(COc3ccccc3)nn2CCN1C1CCCCCC1. The lowest BCUT2D eigenvalue weighted by molar-refractivity contribution is 0.0591. The lowest BCUT2D eigenvalue weighted by atomic mass is 10.1. The maximum atomic E-state index is 12.9. The monoisotopic (exact) mass is 339 g/mol. The van der Waals surface area contributed by atoms with Crippen LogP contribution in [0.4, 0.5) is 0 Å². The van der Waals surface area contributed by atoms with E-state index in [4.69, 9.17) is 4.74 Å². The third kappa shape index (κ3) is 3.55. The van der Waals surface area contributed by atoms with E-state index in [2.05, 4.69) is 10.00 Å². The Kier molecular flexibility index (Phi) is 4.72. The Hall–Kier alpha value is -2.30. The molecule has 1 aromatic carbocycles. The third-order valence-corrected chi connectivity index (χ3v) is 5.26. The summed E-state index contributed by atoms with van der Waals surface area (Å²) in [6, 6.07) is 12.0. The summed E-state index contributed by atoms with van der Waals surface area (Å²) in [5.41, 5.74) is 1.53. The lowest BCUT2D eigenvalue weighted by Gasteiger charge is -2.34. The minimum atomic E-state index is 0.136. The number of carbonyl (C=O) groups is 1. The summed E-state index contributed by atoms with van der Waals surface area (Å²) >= 11 is 0. The molecular formula is C20H25N3O2. The van der Waals surface area contributed by atoms with Crippen molar-refractivity contribution in [1.29, 1.82) is 0 Å². The smallest absolute Gasteiger partial charge is 0.272 e. The fourth-order valence-electron chi connectivity index (χ4n) is 3.93. The molecule has 1 aliphatic heterocycles. The van der Waals surface area contributed by atoms with Gasteiger partial charge in [-0.15, -0.1) is 0 Å². The highest BCUT2D eigenvalue weighted by Gasteiger charge is 2.31. The van der Waals surface area contributed by atoms with E-state index in [1.807, 2.05) is 41.1 Å². The maximum Gasteiger partial charge on any atom is 0.272 e. The predicted molar refractivity (Wildman–Crippen MR) is 95.5 cm³/mol. The zero-order valence-corrected chi connectivity index (χ0v) is 14.6. The first-order valence-electron chi connectivity index (χ1n) is 9.37. The first-order valence-corrected chi connectivity index (χ1v) is 9.37. The van der Waals surface area contributed by atoms with Crippen LogP contribution in [0.2, 0.25) is 0 Å². The maximum absolute atomic E-state index is 12.9. The van der Waals surface area contributed by atoms with Crippen molar-refractivity contribution in [3.8, 4) is 5.75 Å². The predicted octanol–water partition coefficient (Wildman–Crippen LogP) is 3.64. The number of hydrogen-bond acceptors (Lipinski definition) is 3. The first-order chi connectivity index (χ1) is 12.3. The Morgan fingerprint density at radius 3 is 2.56 bits per heavy atom. The van der Waals surface area contributed by atoms with Crippen LogP contribution in [0.1, 0.15) is 54.7 Å². The Morgan fingerprint density at radius 2 is 1.80 bits per heavy atom. The number of benzene rings is 1. The molecule has 132 valence electrons. The number of nitrogens with zero attached hydrogens (tertiary/aromatic N) is 3. The number of ether oxygens (including phenoxy) is 1. The van der Waals surface area contributed by atoms with Crippen molar-refractivity contribution in [2.45, 2.75) is 57.7 Å². The van der Waals surface area contributed by atoms with Crippen molar-refractivity contribution in [2.75, 3.05) is 6.54 Å². The van der Waals surface area contributed by atoms with Gasteiger partial charge in [-0.25, -0.2) is 0 Å². The molecule has 1 aliphatic carbocycles. The summed E-state index contributed by atoms with van der Waals surface area (Å²) in [7, 11) is 0. The van der Waals surface area contributed by atoms with Crippen molar-refractivity contribution in [3.05, 3.63) is 47.8 Å². The van der Waals surface area contributed by atoms with Crippen LogP contribution in [0.15, 0.2) is 36.4 Å². The molecule has 4 rings (SSSR count). The van der Waals surface area contributed by atoms with Gasteiger partial charge in [0.25, 0.3) is 5.91 Å². The van der Waals surface area contributed by atoms with Gasteiger partial charge < -0.3 is 9.64 Å². The fraction of sp³-hybridized carbons (Fsp3) is 0.500. The van der Waals surface area contributed by atoms with Gasteiger partial charge in [0.2, 0.25) is 0 Å². The largest absolute Gasteiger partial charge is 0.487 e. The highest BCUT2D eigenvalue weighted by Crippen LogP contribution is 2.25. The fourth-order valence-corrected chi connectivity index (χ4v) is 3.93. The van der Waals surface area contributed by atoms with Gasteiger partial charge in [0, 0.05) is 12.6 Å². The molecule has 0 N–H and O–H groups in total. The summed E-state index contributed by atoms with van der Waals surface area (Å²) in [4.78, 5) is 15.0. The molecule has 0 saturated heterocycles. The van der Waals surface area contributed by atoms with Gasteiger partial charge >= 0.3 is 0 Å². The summed E-state index contributed by atoms with van der Waals surface area (Å²) in [5, 5.41) is 4.56. The van der Waals surface area contributed by atoms with Crippen LogP contribution in [0.5, 0.6) is 5.75 Å². The van der Waals surface area contributed by atoms with Crippen LogP contribution >= 0.6 is 0 Å². The number of fused-ring (bicyclic) bond motifs is 1. The zero-order valence-electron chi connectivity index (χ0n) is 14.6. The molecule has 0 unspecified atom stereocenters. The van der Waals surface area contributed by atoms with Gasteiger partial charge in [-0.3, -0.25) is 9.48 Å². The molecule has 0 spiro atoms. The summed E-state index contributed by atoms with van der Waals surface area (Å²) < 4.78 is 7.61. The molecule has 5 heteroatoms. The molecule has 0 bridgehead atoms. The second-order valence-electron chi connectivity index (χ2n) is 6.99. The Bertz CT molecular complexity index is 718. The number of hydrogen-bond donors (Lipinski definition) is 0. The topological polar surface area (TPSA) is 47.4 Å². The number of carbonyl (C=O) groups excluding carboxylic acids is 1. The molecule has 2 aromatic rings. The molecular weight excluding hydrogens is 314 g/mol. The van der Waals surface area contributed by atoms with Gasteiger partial charge in [-0.1, -0.05) is 43.9 Å². The van der Waals surface area contributed by atoms with E-state index in [0.717, 1.165) is 37.4 Å². The second kappa shape index (κ2) is 7.30. The van der Waals surface area contributed by atoms with E-state index in [0.29, 0.717) is 18.3 Å². The van der Waals surface area contributed by atoms with Crippen LogP contribution in [-0.2, 0) is 13.2 Å². The quantitative estimate of drug-likeness (QED) is 0.799. The van der Waals surface area contributed by atoms with E-state index < -0.39 is 0 Å². The van der Waals surface area contributed by atoms with Crippen LogP contribution in [-0.4, -0.2) is 33.2 Å². The standard InChI is InChI=1S/C20H25N3O2/c24-20-19-14-16(15-25-18-10-6-3-7-11-18)21-23(19)13-12-22(20)17-8-4-1-2-5-9-17/h3,6-7,10-11,14,17H,1-2,4-5,8-9,12-13,15H2. The molecule has 2 aliphatic rings. The van der Waals surface area contributed by atoms with Gasteiger partial charge in [-0.05, 0) is 31.0 Å².